The van der Waals surface area contributed by atoms with E-state index in [4.69, 9.17) is 4.74 Å². The number of benzene rings is 2. The maximum Gasteiger partial charge on any atom is 0.121 e. The lowest BCUT2D eigenvalue weighted by Crippen LogP contribution is -2.02. The highest BCUT2D eigenvalue weighted by molar-refractivity contribution is 5.26. The summed E-state index contributed by atoms with van der Waals surface area (Å²) in [6.07, 6.45) is 0.0855. The minimum Gasteiger partial charge on any atom is -0.486 e. The second-order valence-corrected chi connectivity index (χ2v) is 3.99. The average molecular weight is 212 g/mol. The minimum absolute atomic E-state index is 0.0855. The van der Waals surface area contributed by atoms with Crippen molar-refractivity contribution in [2.24, 2.45) is 0 Å². The van der Waals surface area contributed by atoms with Crippen LogP contribution in [0.1, 0.15) is 24.2 Å². The van der Waals surface area contributed by atoms with Crippen molar-refractivity contribution in [3.63, 3.8) is 0 Å². The standard InChI is InChI=1S/C15H16O/c1-12-7-6-8-14(11-12)13(2)16-15-9-4-3-5-10-15/h3-11,13H,1-2H3. The molecule has 0 fully saturated rings. The molecule has 2 rings (SSSR count). The third-order valence-electron chi connectivity index (χ3n) is 2.57. The smallest absolute Gasteiger partial charge is 0.121 e. The number of hydrogen-bond donors (Lipinski definition) is 0. The third-order valence-corrected chi connectivity index (χ3v) is 2.57. The van der Waals surface area contributed by atoms with E-state index in [1.807, 2.05) is 30.3 Å². The van der Waals surface area contributed by atoms with Crippen molar-refractivity contribution < 1.29 is 4.74 Å². The van der Waals surface area contributed by atoms with E-state index >= 15 is 0 Å². The molecule has 0 spiro atoms. The number of ether oxygens (including phenoxy) is 1. The Morgan fingerprint density at radius 2 is 1.69 bits per heavy atom. The third kappa shape index (κ3) is 2.63. The zero-order chi connectivity index (χ0) is 11.4. The van der Waals surface area contributed by atoms with E-state index in [1.54, 1.807) is 0 Å². The highest BCUT2D eigenvalue weighted by Crippen LogP contribution is 2.21. The molecule has 0 amide bonds. The fourth-order valence-corrected chi connectivity index (χ4v) is 1.69. The number of hydrogen-bond acceptors (Lipinski definition) is 1. The predicted molar refractivity (Wildman–Crippen MR) is 66.7 cm³/mol. The summed E-state index contributed by atoms with van der Waals surface area (Å²) in [5, 5.41) is 0. The molecule has 0 aromatic heterocycles. The molecule has 16 heavy (non-hydrogen) atoms. The Labute approximate surface area is 96.7 Å². The Bertz CT molecular complexity index is 448. The van der Waals surface area contributed by atoms with Gasteiger partial charge >= 0.3 is 0 Å². The summed E-state index contributed by atoms with van der Waals surface area (Å²) in [4.78, 5) is 0. The van der Waals surface area contributed by atoms with Crippen LogP contribution in [0.2, 0.25) is 0 Å². The van der Waals surface area contributed by atoms with Crippen LogP contribution in [0, 0.1) is 6.92 Å². The van der Waals surface area contributed by atoms with E-state index in [9.17, 15) is 0 Å². The van der Waals surface area contributed by atoms with Gasteiger partial charge < -0.3 is 4.74 Å². The van der Waals surface area contributed by atoms with Gasteiger partial charge in [0, 0.05) is 0 Å². The normalized spacial score (nSPS) is 12.1. The molecular weight excluding hydrogens is 196 g/mol. The fraction of sp³-hybridized carbons (Fsp3) is 0.200. The first-order valence-electron chi connectivity index (χ1n) is 5.54. The lowest BCUT2D eigenvalue weighted by Gasteiger charge is -2.15. The van der Waals surface area contributed by atoms with Gasteiger partial charge in [0.15, 0.2) is 0 Å². The van der Waals surface area contributed by atoms with Gasteiger partial charge in [-0.05, 0) is 31.5 Å². The number of aryl methyl sites for hydroxylation is 1. The molecule has 1 unspecified atom stereocenters. The number of rotatable bonds is 3. The van der Waals surface area contributed by atoms with Crippen molar-refractivity contribution in [3.8, 4) is 5.75 Å². The second kappa shape index (κ2) is 4.84. The van der Waals surface area contributed by atoms with E-state index in [0.717, 1.165) is 5.75 Å². The molecule has 1 nitrogen and oxygen atoms in total. The van der Waals surface area contributed by atoms with Crippen LogP contribution in [0.25, 0.3) is 0 Å². The van der Waals surface area contributed by atoms with Gasteiger partial charge in [-0.2, -0.15) is 0 Å². The largest absolute Gasteiger partial charge is 0.486 e. The molecule has 0 aliphatic heterocycles. The Morgan fingerprint density at radius 3 is 2.38 bits per heavy atom. The van der Waals surface area contributed by atoms with Crippen LogP contribution in [0.4, 0.5) is 0 Å². The van der Waals surface area contributed by atoms with Crippen LogP contribution < -0.4 is 4.74 Å². The molecular formula is C15H16O. The van der Waals surface area contributed by atoms with Crippen molar-refractivity contribution in [2.75, 3.05) is 0 Å². The maximum absolute atomic E-state index is 5.86. The molecule has 0 aliphatic carbocycles. The lowest BCUT2D eigenvalue weighted by molar-refractivity contribution is 0.227. The van der Waals surface area contributed by atoms with Crippen LogP contribution >= 0.6 is 0 Å². The monoisotopic (exact) mass is 212 g/mol. The summed E-state index contributed by atoms with van der Waals surface area (Å²) >= 11 is 0. The van der Waals surface area contributed by atoms with Crippen molar-refractivity contribution in [1.82, 2.24) is 0 Å². The summed E-state index contributed by atoms with van der Waals surface area (Å²) in [6, 6.07) is 18.3. The van der Waals surface area contributed by atoms with Gasteiger partial charge in [-0.25, -0.2) is 0 Å². The highest BCUT2D eigenvalue weighted by Gasteiger charge is 2.06. The molecule has 82 valence electrons. The SMILES string of the molecule is Cc1cccc(C(C)Oc2ccccc2)c1. The van der Waals surface area contributed by atoms with E-state index in [1.165, 1.54) is 11.1 Å². The van der Waals surface area contributed by atoms with Crippen molar-refractivity contribution in [2.45, 2.75) is 20.0 Å². The Morgan fingerprint density at radius 1 is 0.938 bits per heavy atom. The van der Waals surface area contributed by atoms with Crippen LogP contribution in [0.5, 0.6) is 5.75 Å². The van der Waals surface area contributed by atoms with Gasteiger partial charge in [0.1, 0.15) is 11.9 Å². The molecule has 2 aromatic rings. The molecule has 0 saturated heterocycles. The van der Waals surface area contributed by atoms with Gasteiger partial charge in [0.2, 0.25) is 0 Å². The molecule has 0 aliphatic rings. The zero-order valence-electron chi connectivity index (χ0n) is 9.68. The summed E-state index contributed by atoms with van der Waals surface area (Å²) in [7, 11) is 0. The number of para-hydroxylation sites is 1. The fourth-order valence-electron chi connectivity index (χ4n) is 1.69. The molecule has 0 bridgehead atoms. The topological polar surface area (TPSA) is 9.23 Å². The Kier molecular flexibility index (Phi) is 3.25. The molecule has 1 atom stereocenters. The van der Waals surface area contributed by atoms with Crippen LogP contribution in [-0.2, 0) is 0 Å². The molecule has 0 heterocycles. The van der Waals surface area contributed by atoms with E-state index in [2.05, 4.69) is 38.1 Å². The Hall–Kier alpha value is -1.76. The van der Waals surface area contributed by atoms with E-state index in [0.29, 0.717) is 0 Å². The van der Waals surface area contributed by atoms with Crippen molar-refractivity contribution >= 4 is 0 Å². The first-order chi connectivity index (χ1) is 7.75. The van der Waals surface area contributed by atoms with Gasteiger partial charge in [-0.3, -0.25) is 0 Å². The van der Waals surface area contributed by atoms with Gasteiger partial charge in [-0.15, -0.1) is 0 Å². The van der Waals surface area contributed by atoms with Gasteiger partial charge in [-0.1, -0.05) is 48.0 Å². The molecule has 0 radical (unpaired) electrons. The summed E-state index contributed by atoms with van der Waals surface area (Å²) in [6.45, 7) is 4.17. The molecule has 1 heteroatoms. The Balaban J connectivity index is 2.12. The molecule has 0 saturated carbocycles. The summed E-state index contributed by atoms with van der Waals surface area (Å²) in [5.41, 5.74) is 2.48. The zero-order valence-corrected chi connectivity index (χ0v) is 9.68. The lowest BCUT2D eigenvalue weighted by atomic mass is 10.1. The second-order valence-electron chi connectivity index (χ2n) is 3.99. The van der Waals surface area contributed by atoms with Gasteiger partial charge in [0.25, 0.3) is 0 Å². The minimum atomic E-state index is 0.0855. The summed E-state index contributed by atoms with van der Waals surface area (Å²) < 4.78 is 5.86. The maximum atomic E-state index is 5.86. The van der Waals surface area contributed by atoms with Crippen LogP contribution in [0.15, 0.2) is 54.6 Å². The first kappa shape index (κ1) is 10.7. The van der Waals surface area contributed by atoms with Crippen LogP contribution in [-0.4, -0.2) is 0 Å². The molecule has 2 aromatic carbocycles. The van der Waals surface area contributed by atoms with E-state index < -0.39 is 0 Å². The first-order valence-corrected chi connectivity index (χ1v) is 5.54. The quantitative estimate of drug-likeness (QED) is 0.743. The molecule has 0 N–H and O–H groups in total. The van der Waals surface area contributed by atoms with Gasteiger partial charge in [0.05, 0.1) is 0 Å². The average Bonchev–Trinajstić information content (AvgIpc) is 2.30. The van der Waals surface area contributed by atoms with Crippen LogP contribution in [0.3, 0.4) is 0 Å². The predicted octanol–water partition coefficient (Wildman–Crippen LogP) is 4.14. The van der Waals surface area contributed by atoms with Crippen molar-refractivity contribution in [3.05, 3.63) is 65.7 Å². The van der Waals surface area contributed by atoms with Crippen molar-refractivity contribution in [1.29, 1.82) is 0 Å². The highest BCUT2D eigenvalue weighted by atomic mass is 16.5. The summed E-state index contributed by atoms with van der Waals surface area (Å²) in [5.74, 6) is 0.913. The van der Waals surface area contributed by atoms with E-state index in [-0.39, 0.29) is 6.10 Å².